The number of carbonyl (C=O) groups excluding carboxylic acids is 2. The fourth-order valence-corrected chi connectivity index (χ4v) is 2.77. The van der Waals surface area contributed by atoms with Gasteiger partial charge in [-0.05, 0) is 36.4 Å². The van der Waals surface area contributed by atoms with Crippen LogP contribution in [0.4, 0.5) is 0 Å². The van der Waals surface area contributed by atoms with Gasteiger partial charge in [0, 0.05) is 20.1 Å². The number of aromatic hydroxyl groups is 2. The maximum absolute atomic E-state index is 11.9. The van der Waals surface area contributed by atoms with E-state index in [1.54, 1.807) is 12.1 Å². The predicted octanol–water partition coefficient (Wildman–Crippen LogP) is 3.15. The summed E-state index contributed by atoms with van der Waals surface area (Å²) in [6, 6.07) is 8.54. The number of benzene rings is 2. The molecule has 0 aliphatic heterocycles. The second kappa shape index (κ2) is 9.47. The third-order valence-corrected chi connectivity index (χ3v) is 4.40. The van der Waals surface area contributed by atoms with E-state index >= 15 is 0 Å². The minimum atomic E-state index is -1.01. The van der Waals surface area contributed by atoms with Crippen LogP contribution in [0.3, 0.4) is 0 Å². The highest BCUT2D eigenvalue weighted by molar-refractivity contribution is 9.10. The lowest BCUT2D eigenvalue weighted by Crippen LogP contribution is -2.23. The molecule has 0 bridgehead atoms. The average molecular weight is 514 g/mol. The molecule has 0 fully saturated rings. The van der Waals surface area contributed by atoms with Crippen LogP contribution in [0.1, 0.15) is 11.1 Å². The van der Waals surface area contributed by atoms with Crippen molar-refractivity contribution in [2.45, 2.75) is 0 Å². The Morgan fingerprint density at radius 2 is 1.14 bits per heavy atom. The van der Waals surface area contributed by atoms with Gasteiger partial charge < -0.3 is 19.7 Å². The summed E-state index contributed by atoms with van der Waals surface area (Å²) in [6.07, 6.45) is 0. The Morgan fingerprint density at radius 3 is 1.50 bits per heavy atom. The fraction of sp³-hybridized carbons (Fsp3) is 0.111. The van der Waals surface area contributed by atoms with Crippen molar-refractivity contribution in [1.82, 2.24) is 0 Å². The molecule has 0 saturated heterocycles. The standard InChI is InChI=1S/C18H14Br2N2O6/c19-9-1-3-13(23)11(7-9)15(21)17(25)27-5-6-28-18(26)16(22)12-8-10(20)2-4-14(12)24/h1-4,7-8,21-24H,5-6H2. The number of rotatable bonds is 7. The van der Waals surface area contributed by atoms with Gasteiger partial charge in [0.25, 0.3) is 0 Å². The second-order valence-electron chi connectivity index (χ2n) is 5.34. The van der Waals surface area contributed by atoms with Crippen LogP contribution in [0, 0.1) is 10.8 Å². The summed E-state index contributed by atoms with van der Waals surface area (Å²) < 4.78 is 10.8. The fourth-order valence-electron chi connectivity index (χ4n) is 2.05. The van der Waals surface area contributed by atoms with Gasteiger partial charge in [0.2, 0.25) is 0 Å². The Bertz CT molecular complexity index is 884. The van der Waals surface area contributed by atoms with Crippen LogP contribution in [0.5, 0.6) is 11.5 Å². The molecule has 0 saturated carbocycles. The first kappa shape index (κ1) is 21.6. The van der Waals surface area contributed by atoms with E-state index < -0.39 is 23.4 Å². The second-order valence-corrected chi connectivity index (χ2v) is 7.18. The van der Waals surface area contributed by atoms with Crippen molar-refractivity contribution in [2.75, 3.05) is 13.2 Å². The lowest BCUT2D eigenvalue weighted by Gasteiger charge is -2.10. The highest BCUT2D eigenvalue weighted by Crippen LogP contribution is 2.23. The number of halogens is 2. The predicted molar refractivity (Wildman–Crippen MR) is 107 cm³/mol. The molecule has 8 nitrogen and oxygen atoms in total. The highest BCUT2D eigenvalue weighted by Gasteiger charge is 2.19. The number of phenolic OH excluding ortho intramolecular Hbond substituents is 2. The molecule has 0 aromatic heterocycles. The van der Waals surface area contributed by atoms with Gasteiger partial charge in [0.1, 0.15) is 24.7 Å². The van der Waals surface area contributed by atoms with Crippen LogP contribution in [0.25, 0.3) is 0 Å². The highest BCUT2D eigenvalue weighted by atomic mass is 79.9. The Morgan fingerprint density at radius 1 is 0.786 bits per heavy atom. The summed E-state index contributed by atoms with van der Waals surface area (Å²) in [6.45, 7) is -0.696. The van der Waals surface area contributed by atoms with E-state index in [1.807, 2.05) is 0 Å². The first-order chi connectivity index (χ1) is 13.2. The smallest absolute Gasteiger partial charge is 0.357 e. The lowest BCUT2D eigenvalue weighted by molar-refractivity contribution is -0.143. The van der Waals surface area contributed by atoms with Crippen LogP contribution in [0.2, 0.25) is 0 Å². The molecule has 2 aromatic carbocycles. The third kappa shape index (κ3) is 5.40. The molecule has 146 valence electrons. The van der Waals surface area contributed by atoms with E-state index in [0.29, 0.717) is 8.95 Å². The van der Waals surface area contributed by atoms with Gasteiger partial charge in [-0.1, -0.05) is 31.9 Å². The van der Waals surface area contributed by atoms with Gasteiger partial charge in [-0.25, -0.2) is 9.59 Å². The molecule has 0 spiro atoms. The average Bonchev–Trinajstić information content (AvgIpc) is 2.67. The normalized spacial score (nSPS) is 10.2. The Hall–Kier alpha value is -2.72. The van der Waals surface area contributed by atoms with E-state index in [4.69, 9.17) is 20.3 Å². The van der Waals surface area contributed by atoms with Crippen LogP contribution in [-0.2, 0) is 19.1 Å². The SMILES string of the molecule is N=C(C(=O)OCCOC(=O)C(=N)c1cc(Br)ccc1O)c1cc(Br)ccc1O. The van der Waals surface area contributed by atoms with Crippen molar-refractivity contribution < 1.29 is 29.3 Å². The summed E-state index contributed by atoms with van der Waals surface area (Å²) in [5.74, 6) is -2.52. The van der Waals surface area contributed by atoms with E-state index in [2.05, 4.69) is 31.9 Å². The van der Waals surface area contributed by atoms with Crippen LogP contribution in [0.15, 0.2) is 45.3 Å². The van der Waals surface area contributed by atoms with Crippen LogP contribution < -0.4 is 0 Å². The quantitative estimate of drug-likeness (QED) is 0.254. The molecule has 0 amide bonds. The summed E-state index contributed by atoms with van der Waals surface area (Å²) in [5, 5.41) is 35.0. The first-order valence-corrected chi connectivity index (χ1v) is 9.28. The van der Waals surface area contributed by atoms with E-state index in [0.717, 1.165) is 0 Å². The molecule has 0 aliphatic carbocycles. The largest absolute Gasteiger partial charge is 0.507 e. The molecular formula is C18H14Br2N2O6. The molecule has 10 heteroatoms. The van der Waals surface area contributed by atoms with E-state index in [-0.39, 0.29) is 35.8 Å². The van der Waals surface area contributed by atoms with Gasteiger partial charge in [-0.15, -0.1) is 0 Å². The van der Waals surface area contributed by atoms with Gasteiger partial charge in [-0.2, -0.15) is 0 Å². The molecular weight excluding hydrogens is 500 g/mol. The Kier molecular flexibility index (Phi) is 7.30. The molecule has 0 heterocycles. The summed E-state index contributed by atoms with van der Waals surface area (Å²) >= 11 is 6.36. The van der Waals surface area contributed by atoms with Gasteiger partial charge in [0.15, 0.2) is 11.4 Å². The summed E-state index contributed by atoms with van der Waals surface area (Å²) in [7, 11) is 0. The number of hydrogen-bond donors (Lipinski definition) is 4. The van der Waals surface area contributed by atoms with Gasteiger partial charge in [-0.3, -0.25) is 10.8 Å². The van der Waals surface area contributed by atoms with E-state index in [9.17, 15) is 19.8 Å². The number of nitrogens with one attached hydrogen (secondary N) is 2. The number of esters is 2. The maximum Gasteiger partial charge on any atom is 0.357 e. The van der Waals surface area contributed by atoms with Crippen molar-refractivity contribution >= 4 is 55.2 Å². The molecule has 2 rings (SSSR count). The molecule has 2 aromatic rings. The Balaban J connectivity index is 1.86. The molecule has 28 heavy (non-hydrogen) atoms. The van der Waals surface area contributed by atoms with Crippen LogP contribution >= 0.6 is 31.9 Å². The molecule has 0 radical (unpaired) electrons. The van der Waals surface area contributed by atoms with Crippen molar-refractivity contribution in [3.05, 3.63) is 56.5 Å². The Labute approximate surface area is 176 Å². The lowest BCUT2D eigenvalue weighted by atomic mass is 10.1. The molecule has 0 aliphatic rings. The van der Waals surface area contributed by atoms with E-state index in [1.165, 1.54) is 24.3 Å². The monoisotopic (exact) mass is 512 g/mol. The third-order valence-electron chi connectivity index (χ3n) is 3.41. The minimum absolute atomic E-state index is 0.0109. The molecule has 4 N–H and O–H groups in total. The zero-order chi connectivity index (χ0) is 20.8. The summed E-state index contributed by atoms with van der Waals surface area (Å²) in [4.78, 5) is 23.8. The zero-order valence-electron chi connectivity index (χ0n) is 14.2. The number of ether oxygens (including phenoxy) is 2. The molecule has 0 atom stereocenters. The van der Waals surface area contributed by atoms with Gasteiger partial charge >= 0.3 is 11.9 Å². The maximum atomic E-state index is 11.9. The number of phenols is 2. The summed E-state index contributed by atoms with van der Waals surface area (Å²) in [5.41, 5.74) is -1.14. The van der Waals surface area contributed by atoms with Crippen molar-refractivity contribution in [3.63, 3.8) is 0 Å². The van der Waals surface area contributed by atoms with Crippen molar-refractivity contribution in [3.8, 4) is 11.5 Å². The first-order valence-electron chi connectivity index (χ1n) is 7.70. The minimum Gasteiger partial charge on any atom is -0.507 e. The van der Waals surface area contributed by atoms with Crippen LogP contribution in [-0.4, -0.2) is 46.8 Å². The number of hydrogen-bond acceptors (Lipinski definition) is 8. The zero-order valence-corrected chi connectivity index (χ0v) is 17.3. The van der Waals surface area contributed by atoms with Crippen molar-refractivity contribution in [1.29, 1.82) is 10.8 Å². The van der Waals surface area contributed by atoms with Gasteiger partial charge in [0.05, 0.1) is 0 Å². The van der Waals surface area contributed by atoms with Crippen molar-refractivity contribution in [2.24, 2.45) is 0 Å². The number of carbonyl (C=O) groups is 2. The molecule has 0 unspecified atom stereocenters. The topological polar surface area (TPSA) is 141 Å².